The fourth-order valence-corrected chi connectivity index (χ4v) is 8.54. The van der Waals surface area contributed by atoms with Crippen molar-refractivity contribution in [1.82, 2.24) is 9.55 Å². The van der Waals surface area contributed by atoms with Gasteiger partial charge in [0, 0.05) is 16.3 Å². The summed E-state index contributed by atoms with van der Waals surface area (Å²) in [7, 11) is 0. The lowest BCUT2D eigenvalue weighted by Gasteiger charge is -2.17. The third-order valence-corrected chi connectivity index (χ3v) is 10.0. The number of allylic oxidation sites excluding steroid dienone is 1. The van der Waals surface area contributed by atoms with Crippen LogP contribution in [0.1, 0.15) is 57.9 Å². The van der Waals surface area contributed by atoms with E-state index in [4.69, 9.17) is 9.72 Å². The number of nitrogens with one attached hydrogen (secondary N) is 1. The minimum atomic E-state index is -0.386. The van der Waals surface area contributed by atoms with E-state index in [1.165, 1.54) is 28.0 Å². The standard InChI is InChI=1S/C26H29N3O4S3/c1-4-11-29-24(31)20-16-10-9-14(3)12-18(16)36-22(20)28-26(29)34-13-19(30)27-23-21(25(32)33-5-2)15-7-6-8-17(15)35-23/h4,14H,1,5-13H2,2-3H3,(H,27,30)/t14-/m0/s1. The monoisotopic (exact) mass is 543 g/mol. The largest absolute Gasteiger partial charge is 0.462 e. The Hall–Kier alpha value is -2.43. The van der Waals surface area contributed by atoms with Crippen LogP contribution in [0.2, 0.25) is 0 Å². The van der Waals surface area contributed by atoms with Crippen molar-refractivity contribution in [3.05, 3.63) is 49.5 Å². The van der Waals surface area contributed by atoms with E-state index in [1.807, 2.05) is 0 Å². The predicted molar refractivity (Wildman–Crippen MR) is 147 cm³/mol. The molecule has 0 saturated carbocycles. The Labute approximate surface area is 222 Å². The van der Waals surface area contributed by atoms with Gasteiger partial charge in [-0.15, -0.1) is 29.3 Å². The number of nitrogens with zero attached hydrogens (tertiary/aromatic N) is 2. The number of carbonyl (C=O) groups is 2. The first kappa shape index (κ1) is 25.2. The van der Waals surface area contributed by atoms with Crippen LogP contribution in [0, 0.1) is 5.92 Å². The molecule has 190 valence electrons. The van der Waals surface area contributed by atoms with Crippen molar-refractivity contribution < 1.29 is 14.3 Å². The minimum absolute atomic E-state index is 0.0610. The first-order valence-electron chi connectivity index (χ1n) is 12.3. The highest BCUT2D eigenvalue weighted by Gasteiger charge is 2.29. The molecular formula is C26H29N3O4S3. The lowest BCUT2D eigenvalue weighted by atomic mass is 9.89. The molecule has 0 saturated heterocycles. The molecule has 0 bridgehead atoms. The molecule has 3 aromatic heterocycles. The van der Waals surface area contributed by atoms with Crippen LogP contribution in [0.4, 0.5) is 5.00 Å². The highest BCUT2D eigenvalue weighted by atomic mass is 32.2. The molecule has 0 fully saturated rings. The second kappa shape index (κ2) is 10.5. The highest BCUT2D eigenvalue weighted by Crippen LogP contribution is 2.40. The number of thiophene rings is 2. The Morgan fingerprint density at radius 2 is 2.08 bits per heavy atom. The van der Waals surface area contributed by atoms with Crippen molar-refractivity contribution in [2.75, 3.05) is 17.7 Å². The van der Waals surface area contributed by atoms with E-state index in [0.29, 0.717) is 28.2 Å². The summed E-state index contributed by atoms with van der Waals surface area (Å²) in [5, 5.41) is 4.71. The van der Waals surface area contributed by atoms with E-state index in [2.05, 4.69) is 18.8 Å². The van der Waals surface area contributed by atoms with Gasteiger partial charge in [0.05, 0.1) is 23.3 Å². The molecule has 1 N–H and O–H groups in total. The number of anilines is 1. The number of rotatable bonds is 8. The van der Waals surface area contributed by atoms with E-state index in [-0.39, 0.29) is 29.8 Å². The second-order valence-electron chi connectivity index (χ2n) is 9.25. The van der Waals surface area contributed by atoms with Crippen molar-refractivity contribution in [2.24, 2.45) is 5.92 Å². The van der Waals surface area contributed by atoms with Gasteiger partial charge in [-0.05, 0) is 62.5 Å². The Balaban J connectivity index is 1.39. The van der Waals surface area contributed by atoms with Gasteiger partial charge in [-0.1, -0.05) is 24.8 Å². The Morgan fingerprint density at radius 1 is 1.25 bits per heavy atom. The molecule has 3 aromatic rings. The zero-order chi connectivity index (χ0) is 25.4. The van der Waals surface area contributed by atoms with Crippen LogP contribution < -0.4 is 10.9 Å². The molecular weight excluding hydrogens is 515 g/mol. The average Bonchev–Trinajstić information content (AvgIpc) is 3.52. The number of ether oxygens (including phenoxy) is 1. The van der Waals surface area contributed by atoms with Crippen LogP contribution >= 0.6 is 34.4 Å². The summed E-state index contributed by atoms with van der Waals surface area (Å²) in [6.45, 7) is 8.44. The second-order valence-corrected chi connectivity index (χ2v) is 12.4. The number of aromatic nitrogens is 2. The van der Waals surface area contributed by atoms with Gasteiger partial charge >= 0.3 is 5.97 Å². The Bertz CT molecular complexity index is 1420. The molecule has 7 nitrogen and oxygen atoms in total. The predicted octanol–water partition coefficient (Wildman–Crippen LogP) is 5.23. The van der Waals surface area contributed by atoms with Crippen LogP contribution in [0.5, 0.6) is 0 Å². The molecule has 1 atom stereocenters. The molecule has 0 aromatic carbocycles. The molecule has 0 aliphatic heterocycles. The van der Waals surface area contributed by atoms with Crippen molar-refractivity contribution in [3.63, 3.8) is 0 Å². The van der Waals surface area contributed by atoms with E-state index < -0.39 is 0 Å². The topological polar surface area (TPSA) is 90.3 Å². The lowest BCUT2D eigenvalue weighted by Crippen LogP contribution is -2.24. The maximum Gasteiger partial charge on any atom is 0.341 e. The SMILES string of the molecule is C=CCn1c(SCC(=O)Nc2sc3c(c2C(=O)OCC)CCC3)nc2sc3c(c2c1=O)CC[C@H](C)C3. The molecule has 10 heteroatoms. The molecule has 0 spiro atoms. The molecule has 36 heavy (non-hydrogen) atoms. The number of carbonyl (C=O) groups excluding carboxylic acids is 2. The van der Waals surface area contributed by atoms with E-state index >= 15 is 0 Å². The summed E-state index contributed by atoms with van der Waals surface area (Å²) >= 11 is 4.30. The van der Waals surface area contributed by atoms with Crippen molar-refractivity contribution in [3.8, 4) is 0 Å². The van der Waals surface area contributed by atoms with Gasteiger partial charge in [0.25, 0.3) is 5.56 Å². The summed E-state index contributed by atoms with van der Waals surface area (Å²) < 4.78 is 6.87. The number of esters is 1. The summed E-state index contributed by atoms with van der Waals surface area (Å²) in [5.74, 6) is 0.0471. The van der Waals surface area contributed by atoms with E-state index in [0.717, 1.165) is 64.7 Å². The van der Waals surface area contributed by atoms with E-state index in [9.17, 15) is 14.4 Å². The van der Waals surface area contributed by atoms with E-state index in [1.54, 1.807) is 28.9 Å². The van der Waals surface area contributed by atoms with Gasteiger partial charge in [0.2, 0.25) is 5.91 Å². The van der Waals surface area contributed by atoms with Gasteiger partial charge in [-0.2, -0.15) is 0 Å². The quantitative estimate of drug-likeness (QED) is 0.181. The minimum Gasteiger partial charge on any atom is -0.462 e. The zero-order valence-electron chi connectivity index (χ0n) is 20.5. The van der Waals surface area contributed by atoms with Crippen molar-refractivity contribution >= 4 is 61.5 Å². The highest BCUT2D eigenvalue weighted by molar-refractivity contribution is 7.99. The molecule has 2 aliphatic rings. The van der Waals surface area contributed by atoms with Gasteiger partial charge in [0.1, 0.15) is 9.83 Å². The third-order valence-electron chi connectivity index (χ3n) is 6.68. The van der Waals surface area contributed by atoms with Crippen LogP contribution in [-0.2, 0) is 41.8 Å². The first-order chi connectivity index (χ1) is 17.4. The first-order valence-corrected chi connectivity index (χ1v) is 14.9. The van der Waals surface area contributed by atoms with Crippen LogP contribution in [0.15, 0.2) is 22.6 Å². The molecule has 5 rings (SSSR count). The Morgan fingerprint density at radius 3 is 2.86 bits per heavy atom. The van der Waals surface area contributed by atoms with Crippen LogP contribution in [0.3, 0.4) is 0 Å². The smallest absolute Gasteiger partial charge is 0.341 e. The normalized spacial score (nSPS) is 16.6. The van der Waals surface area contributed by atoms with Gasteiger partial charge in [0.15, 0.2) is 5.16 Å². The third kappa shape index (κ3) is 4.66. The Kier molecular flexibility index (Phi) is 7.37. The van der Waals surface area contributed by atoms with Gasteiger partial charge < -0.3 is 10.1 Å². The van der Waals surface area contributed by atoms with Crippen molar-refractivity contribution in [1.29, 1.82) is 0 Å². The fraction of sp³-hybridized carbons (Fsp3) is 0.462. The van der Waals surface area contributed by atoms with Gasteiger partial charge in [-0.25, -0.2) is 9.78 Å². The summed E-state index contributed by atoms with van der Waals surface area (Å²) in [4.78, 5) is 47.0. The number of hydrogen-bond acceptors (Lipinski definition) is 8. The maximum absolute atomic E-state index is 13.5. The number of fused-ring (bicyclic) bond motifs is 4. The molecule has 0 unspecified atom stereocenters. The van der Waals surface area contributed by atoms with Crippen LogP contribution in [0.25, 0.3) is 10.2 Å². The maximum atomic E-state index is 13.5. The number of thioether (sulfide) groups is 1. The van der Waals surface area contributed by atoms with Gasteiger partial charge in [-0.3, -0.25) is 14.2 Å². The molecule has 2 aliphatic carbocycles. The number of aryl methyl sites for hydroxylation is 2. The number of amides is 1. The fourth-order valence-electron chi connectivity index (χ4n) is 5.01. The molecule has 3 heterocycles. The summed E-state index contributed by atoms with van der Waals surface area (Å²) in [5.41, 5.74) is 2.59. The summed E-state index contributed by atoms with van der Waals surface area (Å²) in [6.07, 6.45) is 7.40. The average molecular weight is 544 g/mol. The summed E-state index contributed by atoms with van der Waals surface area (Å²) in [6, 6.07) is 0. The van der Waals surface area contributed by atoms with Crippen LogP contribution in [-0.4, -0.2) is 33.8 Å². The molecule has 1 amide bonds. The number of hydrogen-bond donors (Lipinski definition) is 1. The van der Waals surface area contributed by atoms with Crippen molar-refractivity contribution in [2.45, 2.75) is 64.1 Å². The lowest BCUT2D eigenvalue weighted by molar-refractivity contribution is -0.113. The zero-order valence-corrected chi connectivity index (χ0v) is 22.9. The molecule has 0 radical (unpaired) electrons.